The van der Waals surface area contributed by atoms with Crippen molar-refractivity contribution in [1.82, 2.24) is 5.32 Å². The van der Waals surface area contributed by atoms with Gasteiger partial charge in [-0.05, 0) is 6.42 Å². The molecule has 0 aromatic rings. The molecule has 1 N–H and O–H groups in total. The number of carbonyl (C=O) groups excluding carboxylic acids is 1. The summed E-state index contributed by atoms with van der Waals surface area (Å²) in [6, 6.07) is 0. The summed E-state index contributed by atoms with van der Waals surface area (Å²) in [7, 11) is 2.86. The lowest BCUT2D eigenvalue weighted by molar-refractivity contribution is -0.870. The Kier molecular flexibility index (Phi) is 23.7. The molecule has 0 aliphatic carbocycles. The number of likely N-dealkylation sites (N-methyl/N-ethyl adjacent to an activating group) is 1. The van der Waals surface area contributed by atoms with Gasteiger partial charge in [-0.3, -0.25) is 4.57 Å². The van der Waals surface area contributed by atoms with E-state index < -0.39 is 20.0 Å². The van der Waals surface area contributed by atoms with Crippen LogP contribution in [0, 0.1) is 0 Å². The molecule has 0 fully saturated rings. The average Bonchev–Trinajstić information content (AvgIpc) is 2.85. The predicted octanol–water partition coefficient (Wildman–Crippen LogP) is 7.35. The third-order valence-electron chi connectivity index (χ3n) is 6.77. The molecule has 0 saturated heterocycles. The largest absolute Gasteiger partial charge is 0.756 e. The van der Waals surface area contributed by atoms with Gasteiger partial charge >= 0.3 is 6.09 Å². The molecule has 0 aliphatic heterocycles. The number of quaternary nitrogens is 1. The highest BCUT2D eigenvalue weighted by Gasteiger charge is 2.21. The standard InChI is InChI=1S/C29H61N2O6P/c1-6-7-8-9-10-11-12-13-14-15-16-17-18-19-20-21-22-23-24-28(27-35-29(32)30-2)37-38(33,34)36-26-25-31(3,4)5/h28H,6-27H2,1-5H3,(H-,30,32,33,34). The minimum atomic E-state index is -4.47. The Morgan fingerprint density at radius 3 is 1.61 bits per heavy atom. The number of alkyl carbamates (subject to hydrolysis) is 1. The first-order valence-electron chi connectivity index (χ1n) is 15.4. The molecule has 9 heteroatoms. The lowest BCUT2D eigenvalue weighted by atomic mass is 10.0. The molecule has 0 aliphatic rings. The van der Waals surface area contributed by atoms with E-state index in [0.717, 1.165) is 19.3 Å². The summed E-state index contributed by atoms with van der Waals surface area (Å²) in [4.78, 5) is 23.7. The van der Waals surface area contributed by atoms with E-state index in [9.17, 15) is 14.3 Å². The minimum absolute atomic E-state index is 0.0481. The number of unbranched alkanes of at least 4 members (excludes halogenated alkanes) is 17. The first kappa shape index (κ1) is 37.3. The molecule has 38 heavy (non-hydrogen) atoms. The Hall–Kier alpha value is -0.660. The first-order chi connectivity index (χ1) is 18.1. The van der Waals surface area contributed by atoms with Crippen molar-refractivity contribution in [1.29, 1.82) is 0 Å². The van der Waals surface area contributed by atoms with Crippen molar-refractivity contribution in [3.8, 4) is 0 Å². The van der Waals surface area contributed by atoms with Gasteiger partial charge in [-0.2, -0.15) is 0 Å². The van der Waals surface area contributed by atoms with Crippen LogP contribution in [0.5, 0.6) is 0 Å². The van der Waals surface area contributed by atoms with E-state index in [1.54, 1.807) is 0 Å². The lowest BCUT2D eigenvalue weighted by Crippen LogP contribution is -2.37. The van der Waals surface area contributed by atoms with Crippen LogP contribution in [0.2, 0.25) is 0 Å². The number of nitrogens with zero attached hydrogens (tertiary/aromatic N) is 1. The summed E-state index contributed by atoms with van der Waals surface area (Å²) >= 11 is 0. The molecule has 1 amide bonds. The predicted molar refractivity (Wildman–Crippen MR) is 155 cm³/mol. The van der Waals surface area contributed by atoms with Gasteiger partial charge in [-0.1, -0.05) is 122 Å². The van der Waals surface area contributed by atoms with E-state index in [4.69, 9.17) is 13.8 Å². The SMILES string of the molecule is CCCCCCCCCCCCCCCCCCCCC(COC(=O)NC)OP(=O)([O-])OCC[N+](C)(C)C. The Bertz CT molecular complexity index is 600. The Labute approximate surface area is 234 Å². The molecule has 0 spiro atoms. The van der Waals surface area contributed by atoms with E-state index in [-0.39, 0.29) is 13.2 Å². The monoisotopic (exact) mass is 564 g/mol. The van der Waals surface area contributed by atoms with Crippen LogP contribution in [0.25, 0.3) is 0 Å². The fourth-order valence-electron chi connectivity index (χ4n) is 4.32. The Balaban J connectivity index is 3.87. The number of ether oxygens (including phenoxy) is 1. The summed E-state index contributed by atoms with van der Waals surface area (Å²) in [6.45, 7) is 2.73. The molecule has 0 rings (SSSR count). The lowest BCUT2D eigenvalue weighted by Gasteiger charge is -2.30. The maximum absolute atomic E-state index is 12.3. The molecule has 0 aromatic heterocycles. The second-order valence-electron chi connectivity index (χ2n) is 11.7. The first-order valence-corrected chi connectivity index (χ1v) is 16.8. The van der Waals surface area contributed by atoms with E-state index in [1.165, 1.54) is 103 Å². The fraction of sp³-hybridized carbons (Fsp3) is 0.966. The molecular formula is C29H61N2O6P. The third kappa shape index (κ3) is 26.9. The minimum Gasteiger partial charge on any atom is -0.756 e. The summed E-state index contributed by atoms with van der Waals surface area (Å²) in [5.74, 6) is 0. The topological polar surface area (TPSA) is 96.9 Å². The summed E-state index contributed by atoms with van der Waals surface area (Å²) in [5.41, 5.74) is 0. The van der Waals surface area contributed by atoms with Crippen LogP contribution in [0.4, 0.5) is 4.79 Å². The van der Waals surface area contributed by atoms with Gasteiger partial charge in [0.05, 0.1) is 21.1 Å². The molecule has 0 radical (unpaired) electrons. The van der Waals surface area contributed by atoms with Crippen molar-refractivity contribution < 1.29 is 32.5 Å². The molecule has 2 atom stereocenters. The third-order valence-corrected chi connectivity index (χ3v) is 7.83. The van der Waals surface area contributed by atoms with Crippen LogP contribution in [0.15, 0.2) is 0 Å². The van der Waals surface area contributed by atoms with Crippen LogP contribution in [-0.2, 0) is 18.3 Å². The fourth-order valence-corrected chi connectivity index (χ4v) is 5.22. The zero-order valence-electron chi connectivity index (χ0n) is 25.5. The van der Waals surface area contributed by atoms with Gasteiger partial charge in [0.15, 0.2) is 0 Å². The molecular weight excluding hydrogens is 503 g/mol. The van der Waals surface area contributed by atoms with Crippen molar-refractivity contribution in [3.05, 3.63) is 0 Å². The summed E-state index contributed by atoms with van der Waals surface area (Å²) in [5, 5.41) is 2.36. The maximum Gasteiger partial charge on any atom is 0.406 e. The molecule has 2 unspecified atom stereocenters. The Morgan fingerprint density at radius 1 is 0.789 bits per heavy atom. The average molecular weight is 565 g/mol. The smallest absolute Gasteiger partial charge is 0.406 e. The highest BCUT2D eigenvalue weighted by molar-refractivity contribution is 7.45. The van der Waals surface area contributed by atoms with E-state index in [1.807, 2.05) is 21.1 Å². The number of carbonyl (C=O) groups is 1. The summed E-state index contributed by atoms with van der Waals surface area (Å²) < 4.78 is 28.2. The number of nitrogens with one attached hydrogen (secondary N) is 1. The number of amides is 1. The highest BCUT2D eigenvalue weighted by Crippen LogP contribution is 2.40. The van der Waals surface area contributed by atoms with Crippen LogP contribution in [-0.4, -0.2) is 64.6 Å². The number of hydrogen-bond donors (Lipinski definition) is 1. The van der Waals surface area contributed by atoms with Gasteiger partial charge in [-0.15, -0.1) is 0 Å². The number of rotatable bonds is 27. The van der Waals surface area contributed by atoms with Gasteiger partial charge in [0.1, 0.15) is 25.9 Å². The number of phosphoric ester groups is 1. The van der Waals surface area contributed by atoms with Crippen molar-refractivity contribution in [2.24, 2.45) is 0 Å². The van der Waals surface area contributed by atoms with Gasteiger partial charge in [0, 0.05) is 7.05 Å². The van der Waals surface area contributed by atoms with Crippen LogP contribution in [0.3, 0.4) is 0 Å². The zero-order valence-corrected chi connectivity index (χ0v) is 26.4. The van der Waals surface area contributed by atoms with Crippen molar-refractivity contribution >= 4 is 13.9 Å². The van der Waals surface area contributed by atoms with Gasteiger partial charge in [0.2, 0.25) is 0 Å². The Morgan fingerprint density at radius 2 is 1.21 bits per heavy atom. The van der Waals surface area contributed by atoms with Crippen LogP contribution in [0.1, 0.15) is 129 Å². The van der Waals surface area contributed by atoms with Gasteiger partial charge < -0.3 is 28.5 Å². The molecule has 0 bridgehead atoms. The quantitative estimate of drug-likeness (QED) is 0.0636. The normalized spacial score (nSPS) is 14.3. The highest BCUT2D eigenvalue weighted by atomic mass is 31.2. The van der Waals surface area contributed by atoms with Crippen molar-refractivity contribution in [3.63, 3.8) is 0 Å². The number of hydrogen-bond acceptors (Lipinski definition) is 6. The molecule has 0 aromatic carbocycles. The second kappa shape index (κ2) is 24.2. The van der Waals surface area contributed by atoms with E-state index in [2.05, 4.69) is 12.2 Å². The van der Waals surface area contributed by atoms with Crippen LogP contribution < -0.4 is 10.2 Å². The molecule has 0 saturated carbocycles. The second-order valence-corrected chi connectivity index (χ2v) is 13.0. The molecule has 228 valence electrons. The molecule has 8 nitrogen and oxygen atoms in total. The summed E-state index contributed by atoms with van der Waals surface area (Å²) in [6.07, 6.45) is 22.5. The van der Waals surface area contributed by atoms with Crippen molar-refractivity contribution in [2.75, 3.05) is 47.9 Å². The van der Waals surface area contributed by atoms with E-state index in [0.29, 0.717) is 17.4 Å². The number of phosphoric acid groups is 1. The van der Waals surface area contributed by atoms with Gasteiger partial charge in [0.25, 0.3) is 7.82 Å². The zero-order chi connectivity index (χ0) is 28.5. The van der Waals surface area contributed by atoms with Gasteiger partial charge in [-0.25, -0.2) is 4.79 Å². The maximum atomic E-state index is 12.3. The van der Waals surface area contributed by atoms with Crippen molar-refractivity contribution in [2.45, 2.75) is 135 Å². The van der Waals surface area contributed by atoms with E-state index >= 15 is 0 Å². The van der Waals surface area contributed by atoms with Crippen LogP contribution >= 0.6 is 7.82 Å². The molecule has 0 heterocycles.